The normalized spacial score (nSPS) is 10.1. The highest BCUT2D eigenvalue weighted by Crippen LogP contribution is 2.25. The molecule has 2 N–H and O–H groups in total. The Labute approximate surface area is 118 Å². The van der Waals surface area contributed by atoms with Gasteiger partial charge in [-0.2, -0.15) is 0 Å². The van der Waals surface area contributed by atoms with Gasteiger partial charge in [0, 0.05) is 22.8 Å². The Morgan fingerprint density at radius 2 is 1.85 bits per heavy atom. The van der Waals surface area contributed by atoms with E-state index in [0.717, 1.165) is 0 Å². The van der Waals surface area contributed by atoms with Crippen molar-refractivity contribution in [3.05, 3.63) is 63.2 Å². The SMILES string of the molecule is O=C(O)c1cc(Cl)ccc1Nc1ccc([N+](=O)[O-])cc1. The number of anilines is 2. The van der Waals surface area contributed by atoms with Crippen molar-refractivity contribution in [2.45, 2.75) is 0 Å². The van der Waals surface area contributed by atoms with Gasteiger partial charge in [0.1, 0.15) is 0 Å². The number of carboxylic acid groups (broad SMARTS) is 1. The maximum atomic E-state index is 11.1. The van der Waals surface area contributed by atoms with E-state index in [-0.39, 0.29) is 11.3 Å². The van der Waals surface area contributed by atoms with Crippen LogP contribution in [0.3, 0.4) is 0 Å². The molecule has 2 aromatic carbocycles. The third-order valence-corrected chi connectivity index (χ3v) is 2.80. The number of hydrogen-bond acceptors (Lipinski definition) is 4. The second-order valence-electron chi connectivity index (χ2n) is 3.92. The summed E-state index contributed by atoms with van der Waals surface area (Å²) in [4.78, 5) is 21.2. The van der Waals surface area contributed by atoms with Crippen LogP contribution in [0, 0.1) is 10.1 Å². The molecule has 0 aliphatic rings. The molecule has 0 atom stereocenters. The lowest BCUT2D eigenvalue weighted by Crippen LogP contribution is -2.02. The summed E-state index contributed by atoms with van der Waals surface area (Å²) in [5.41, 5.74) is 0.886. The van der Waals surface area contributed by atoms with E-state index in [1.54, 1.807) is 6.07 Å². The van der Waals surface area contributed by atoms with Gasteiger partial charge < -0.3 is 10.4 Å². The minimum atomic E-state index is -1.11. The molecule has 0 fully saturated rings. The average molecular weight is 293 g/mol. The lowest BCUT2D eigenvalue weighted by molar-refractivity contribution is -0.384. The summed E-state index contributed by atoms with van der Waals surface area (Å²) in [6.45, 7) is 0. The first-order valence-electron chi connectivity index (χ1n) is 5.51. The first-order valence-corrected chi connectivity index (χ1v) is 5.89. The van der Waals surface area contributed by atoms with Crippen LogP contribution >= 0.6 is 11.6 Å². The zero-order chi connectivity index (χ0) is 14.7. The van der Waals surface area contributed by atoms with Crippen molar-refractivity contribution >= 4 is 34.6 Å². The van der Waals surface area contributed by atoms with Crippen LogP contribution in [0.25, 0.3) is 0 Å². The van der Waals surface area contributed by atoms with Crippen LogP contribution in [0.4, 0.5) is 17.1 Å². The second-order valence-corrected chi connectivity index (χ2v) is 4.36. The molecule has 0 bridgehead atoms. The number of halogens is 1. The third-order valence-electron chi connectivity index (χ3n) is 2.57. The van der Waals surface area contributed by atoms with E-state index < -0.39 is 10.9 Å². The molecule has 102 valence electrons. The van der Waals surface area contributed by atoms with Crippen molar-refractivity contribution in [1.29, 1.82) is 0 Å². The van der Waals surface area contributed by atoms with Gasteiger partial charge in [0.05, 0.1) is 16.2 Å². The fourth-order valence-electron chi connectivity index (χ4n) is 1.62. The molecule has 0 radical (unpaired) electrons. The van der Waals surface area contributed by atoms with Crippen LogP contribution in [0.2, 0.25) is 5.02 Å². The highest BCUT2D eigenvalue weighted by atomic mass is 35.5. The minimum Gasteiger partial charge on any atom is -0.478 e. The monoisotopic (exact) mass is 292 g/mol. The zero-order valence-corrected chi connectivity index (χ0v) is 10.8. The highest BCUT2D eigenvalue weighted by molar-refractivity contribution is 6.31. The number of nitro groups is 1. The predicted molar refractivity (Wildman–Crippen MR) is 74.8 cm³/mol. The smallest absolute Gasteiger partial charge is 0.337 e. The number of carbonyl (C=O) groups is 1. The minimum absolute atomic E-state index is 0.0239. The molecular formula is C13H9ClN2O4. The van der Waals surface area contributed by atoms with Crippen molar-refractivity contribution in [2.24, 2.45) is 0 Å². The number of non-ortho nitro benzene ring substituents is 1. The van der Waals surface area contributed by atoms with E-state index in [1.807, 2.05) is 0 Å². The lowest BCUT2D eigenvalue weighted by atomic mass is 10.1. The summed E-state index contributed by atoms with van der Waals surface area (Å²) >= 11 is 5.75. The van der Waals surface area contributed by atoms with Crippen LogP contribution in [-0.2, 0) is 0 Å². The molecule has 7 heteroatoms. The molecule has 0 unspecified atom stereocenters. The Bertz CT molecular complexity index is 671. The van der Waals surface area contributed by atoms with Crippen LogP contribution in [0.1, 0.15) is 10.4 Å². The van der Waals surface area contributed by atoms with Gasteiger partial charge in [0.25, 0.3) is 5.69 Å². The largest absolute Gasteiger partial charge is 0.478 e. The van der Waals surface area contributed by atoms with E-state index in [9.17, 15) is 14.9 Å². The Kier molecular flexibility index (Phi) is 3.86. The number of carboxylic acids is 1. The van der Waals surface area contributed by atoms with Crippen molar-refractivity contribution in [2.75, 3.05) is 5.32 Å². The van der Waals surface area contributed by atoms with Gasteiger partial charge in [-0.05, 0) is 30.3 Å². The Morgan fingerprint density at radius 3 is 2.40 bits per heavy atom. The second kappa shape index (κ2) is 5.58. The maximum Gasteiger partial charge on any atom is 0.337 e. The predicted octanol–water partition coefficient (Wildman–Crippen LogP) is 3.69. The molecule has 2 aromatic rings. The molecule has 0 amide bonds. The topological polar surface area (TPSA) is 92.5 Å². The first kappa shape index (κ1) is 13.8. The summed E-state index contributed by atoms with van der Waals surface area (Å²) in [5, 5.41) is 22.8. The summed E-state index contributed by atoms with van der Waals surface area (Å²) in [5.74, 6) is -1.11. The van der Waals surface area contributed by atoms with Crippen LogP contribution in [0.15, 0.2) is 42.5 Å². The fourth-order valence-corrected chi connectivity index (χ4v) is 1.80. The highest BCUT2D eigenvalue weighted by Gasteiger charge is 2.11. The van der Waals surface area contributed by atoms with Crippen molar-refractivity contribution < 1.29 is 14.8 Å². The summed E-state index contributed by atoms with van der Waals surface area (Å²) in [6, 6.07) is 10.1. The summed E-state index contributed by atoms with van der Waals surface area (Å²) in [6.07, 6.45) is 0. The number of hydrogen-bond donors (Lipinski definition) is 2. The van der Waals surface area contributed by atoms with Gasteiger partial charge >= 0.3 is 5.97 Å². The van der Waals surface area contributed by atoms with Gasteiger partial charge in [-0.1, -0.05) is 11.6 Å². The molecule has 2 rings (SSSR count). The van der Waals surface area contributed by atoms with Gasteiger partial charge in [-0.25, -0.2) is 4.79 Å². The maximum absolute atomic E-state index is 11.1. The fraction of sp³-hybridized carbons (Fsp3) is 0. The number of nitro benzene ring substituents is 1. The van der Waals surface area contributed by atoms with Crippen molar-refractivity contribution in [3.8, 4) is 0 Å². The number of rotatable bonds is 4. The lowest BCUT2D eigenvalue weighted by Gasteiger charge is -2.09. The Hall–Kier alpha value is -2.60. The summed E-state index contributed by atoms with van der Waals surface area (Å²) < 4.78 is 0. The van der Waals surface area contributed by atoms with Gasteiger partial charge in [0.15, 0.2) is 0 Å². The van der Waals surface area contributed by atoms with E-state index in [4.69, 9.17) is 16.7 Å². The standard InChI is InChI=1S/C13H9ClN2O4/c14-8-1-6-12(11(7-8)13(17)18)15-9-2-4-10(5-3-9)16(19)20/h1-7,15H,(H,17,18). The third kappa shape index (κ3) is 3.04. The zero-order valence-electron chi connectivity index (χ0n) is 10.0. The van der Waals surface area contributed by atoms with Gasteiger partial charge in [-0.15, -0.1) is 0 Å². The summed E-state index contributed by atoms with van der Waals surface area (Å²) in [7, 11) is 0. The van der Waals surface area contributed by atoms with E-state index in [1.165, 1.54) is 36.4 Å². The molecule has 0 saturated carbocycles. The van der Waals surface area contributed by atoms with Crippen molar-refractivity contribution in [3.63, 3.8) is 0 Å². The number of nitrogens with zero attached hydrogens (tertiary/aromatic N) is 1. The van der Waals surface area contributed by atoms with Crippen molar-refractivity contribution in [1.82, 2.24) is 0 Å². The average Bonchev–Trinajstić information content (AvgIpc) is 2.41. The van der Waals surface area contributed by atoms with Gasteiger partial charge in [-0.3, -0.25) is 10.1 Å². The molecular weight excluding hydrogens is 284 g/mol. The van der Waals surface area contributed by atoms with Crippen LogP contribution < -0.4 is 5.32 Å². The molecule has 0 aliphatic carbocycles. The van der Waals surface area contributed by atoms with Crippen LogP contribution in [0.5, 0.6) is 0 Å². The number of nitrogens with one attached hydrogen (secondary N) is 1. The first-order chi connectivity index (χ1) is 9.47. The van der Waals surface area contributed by atoms with Crippen LogP contribution in [-0.4, -0.2) is 16.0 Å². The Morgan fingerprint density at radius 1 is 1.20 bits per heavy atom. The number of benzene rings is 2. The molecule has 0 aromatic heterocycles. The Balaban J connectivity index is 2.30. The quantitative estimate of drug-likeness (QED) is 0.662. The molecule has 0 heterocycles. The van der Waals surface area contributed by atoms with E-state index in [2.05, 4.69) is 5.32 Å². The molecule has 0 aliphatic heterocycles. The molecule has 0 spiro atoms. The van der Waals surface area contributed by atoms with E-state index in [0.29, 0.717) is 16.4 Å². The number of aromatic carboxylic acids is 1. The van der Waals surface area contributed by atoms with Gasteiger partial charge in [0.2, 0.25) is 0 Å². The molecule has 6 nitrogen and oxygen atoms in total. The molecule has 20 heavy (non-hydrogen) atoms. The molecule has 0 saturated heterocycles. The van der Waals surface area contributed by atoms with E-state index >= 15 is 0 Å².